The monoisotopic (exact) mass is 508 g/mol. The number of carbonyl (C=O) groups excluding carboxylic acids is 2. The number of alkyl halides is 2. The first-order chi connectivity index (χ1) is 17.1. The second-order valence-corrected chi connectivity index (χ2v) is 8.66. The maximum Gasteiger partial charge on any atom is 0.276 e. The molecule has 0 aliphatic heterocycles. The van der Waals surface area contributed by atoms with Gasteiger partial charge in [0.1, 0.15) is 17.4 Å². The second kappa shape index (κ2) is 9.91. The van der Waals surface area contributed by atoms with E-state index in [0.717, 1.165) is 4.68 Å². The van der Waals surface area contributed by atoms with E-state index in [4.69, 9.17) is 0 Å². The number of aromatic nitrogens is 6. The largest absolute Gasteiger partial charge is 0.338 e. The van der Waals surface area contributed by atoms with Crippen molar-refractivity contribution in [1.29, 1.82) is 0 Å². The van der Waals surface area contributed by atoms with Gasteiger partial charge in [0.2, 0.25) is 11.8 Å². The lowest BCUT2D eigenvalue weighted by molar-refractivity contribution is -0.121. The Morgan fingerprint density at radius 3 is 2.64 bits per heavy atom. The Morgan fingerprint density at radius 1 is 1.28 bits per heavy atom. The van der Waals surface area contributed by atoms with Crippen LogP contribution in [0.3, 0.4) is 0 Å². The van der Waals surface area contributed by atoms with Crippen molar-refractivity contribution in [3.05, 3.63) is 51.7 Å². The third-order valence-corrected chi connectivity index (χ3v) is 6.22. The number of rotatable bonds is 7. The molecule has 3 aromatic rings. The van der Waals surface area contributed by atoms with Gasteiger partial charge in [-0.15, -0.1) is 5.10 Å². The molecule has 36 heavy (non-hydrogen) atoms. The van der Waals surface area contributed by atoms with E-state index in [2.05, 4.69) is 40.9 Å². The van der Waals surface area contributed by atoms with E-state index in [9.17, 15) is 27.6 Å². The van der Waals surface area contributed by atoms with E-state index in [1.807, 2.05) is 0 Å². The summed E-state index contributed by atoms with van der Waals surface area (Å²) in [5, 5.41) is 21.5. The Morgan fingerprint density at radius 2 is 2.00 bits per heavy atom. The van der Waals surface area contributed by atoms with Crippen molar-refractivity contribution in [3.63, 3.8) is 0 Å². The summed E-state index contributed by atoms with van der Waals surface area (Å²) >= 11 is 0. The van der Waals surface area contributed by atoms with Gasteiger partial charge in [0.25, 0.3) is 17.4 Å². The zero-order valence-electron chi connectivity index (χ0n) is 19.3. The van der Waals surface area contributed by atoms with E-state index in [-0.39, 0.29) is 35.5 Å². The molecular formula is C21H23F3N8O4. The Hall–Kier alpha value is -4.04. The van der Waals surface area contributed by atoms with Gasteiger partial charge in [0.15, 0.2) is 5.69 Å². The molecule has 0 bridgehead atoms. The summed E-state index contributed by atoms with van der Waals surface area (Å²) in [4.78, 5) is 37.9. The number of anilines is 1. The Labute approximate surface area is 201 Å². The average molecular weight is 508 g/mol. The fourth-order valence-electron chi connectivity index (χ4n) is 4.13. The highest BCUT2D eigenvalue weighted by Crippen LogP contribution is 2.38. The molecular weight excluding hydrogens is 485 g/mol. The summed E-state index contributed by atoms with van der Waals surface area (Å²) in [6.45, 7) is 3.07. The first-order valence-electron chi connectivity index (χ1n) is 11.1. The van der Waals surface area contributed by atoms with E-state index in [0.29, 0.717) is 0 Å². The summed E-state index contributed by atoms with van der Waals surface area (Å²) in [6, 6.07) is -0.518. The van der Waals surface area contributed by atoms with Gasteiger partial charge < -0.3 is 10.6 Å². The Bertz CT molecular complexity index is 1310. The van der Waals surface area contributed by atoms with Gasteiger partial charge >= 0.3 is 0 Å². The van der Waals surface area contributed by atoms with Crippen LogP contribution in [-0.2, 0) is 4.79 Å². The molecule has 3 N–H and O–H groups in total. The SMILES string of the molecule is Cc1nonc1C(=O)NC(C(=O)Nc1cn(C(C)c2ccn[nH]c2=O)nc1F)C1CCC(F)(F)CC1. The first kappa shape index (κ1) is 25.1. The normalized spacial score (nSPS) is 17.4. The van der Waals surface area contributed by atoms with Crippen LogP contribution in [0, 0.1) is 18.8 Å². The molecule has 0 saturated heterocycles. The van der Waals surface area contributed by atoms with Crippen molar-refractivity contribution in [2.45, 2.75) is 57.5 Å². The number of H-pyrrole nitrogens is 1. The molecule has 1 fully saturated rings. The zero-order valence-corrected chi connectivity index (χ0v) is 19.3. The van der Waals surface area contributed by atoms with Gasteiger partial charge in [0, 0.05) is 24.6 Å². The fraction of sp³-hybridized carbons (Fsp3) is 0.476. The van der Waals surface area contributed by atoms with Crippen molar-refractivity contribution >= 4 is 17.5 Å². The van der Waals surface area contributed by atoms with Crippen LogP contribution in [0.25, 0.3) is 0 Å². The Balaban J connectivity index is 1.55. The quantitative estimate of drug-likeness (QED) is 0.437. The summed E-state index contributed by atoms with van der Waals surface area (Å²) < 4.78 is 47.7. The van der Waals surface area contributed by atoms with Crippen LogP contribution < -0.4 is 16.2 Å². The minimum Gasteiger partial charge on any atom is -0.338 e. The van der Waals surface area contributed by atoms with Crippen molar-refractivity contribution < 1.29 is 27.4 Å². The van der Waals surface area contributed by atoms with Crippen molar-refractivity contribution in [2.24, 2.45) is 5.92 Å². The van der Waals surface area contributed by atoms with E-state index < -0.39 is 60.1 Å². The molecule has 1 saturated carbocycles. The predicted molar refractivity (Wildman–Crippen MR) is 117 cm³/mol. The van der Waals surface area contributed by atoms with Crippen LogP contribution in [-0.4, -0.2) is 54.1 Å². The number of nitrogens with one attached hydrogen (secondary N) is 3. The smallest absolute Gasteiger partial charge is 0.276 e. The van der Waals surface area contributed by atoms with Crippen LogP contribution in [0.15, 0.2) is 27.9 Å². The lowest BCUT2D eigenvalue weighted by Crippen LogP contribution is -2.50. The predicted octanol–water partition coefficient (Wildman–Crippen LogP) is 1.97. The number of aromatic amines is 1. The van der Waals surface area contributed by atoms with Crippen molar-refractivity contribution in [3.8, 4) is 0 Å². The summed E-state index contributed by atoms with van der Waals surface area (Å²) in [5.41, 5.74) is -0.521. The first-order valence-corrected chi connectivity index (χ1v) is 11.1. The van der Waals surface area contributed by atoms with Crippen molar-refractivity contribution in [2.75, 3.05) is 5.32 Å². The lowest BCUT2D eigenvalue weighted by Gasteiger charge is -2.33. The standard InChI is InChI=1S/C21H23F3N8O4/c1-10-15(31-36-30-10)19(34)27-16(12-3-6-21(23,24)7-4-12)20(35)26-14-9-32(29-17(14)22)11(2)13-5-8-25-28-18(13)33/h5,8-9,11-12,16H,3-4,6-7H2,1-2H3,(H,26,35)(H,27,34)(H,28,33). The fourth-order valence-corrected chi connectivity index (χ4v) is 4.13. The van der Waals surface area contributed by atoms with Gasteiger partial charge in [-0.1, -0.05) is 5.16 Å². The second-order valence-electron chi connectivity index (χ2n) is 8.66. The number of nitrogens with zero attached hydrogens (tertiary/aromatic N) is 5. The number of carbonyl (C=O) groups is 2. The molecule has 3 aromatic heterocycles. The molecule has 1 aliphatic rings. The molecule has 2 unspecified atom stereocenters. The lowest BCUT2D eigenvalue weighted by atomic mass is 9.81. The van der Waals surface area contributed by atoms with Crippen LogP contribution in [0.4, 0.5) is 18.9 Å². The molecule has 12 nitrogen and oxygen atoms in total. The highest BCUT2D eigenvalue weighted by atomic mass is 19.3. The molecule has 1 aliphatic carbocycles. The number of aryl methyl sites for hydroxylation is 1. The number of hydrogen-bond donors (Lipinski definition) is 3. The maximum absolute atomic E-state index is 14.6. The van der Waals surface area contributed by atoms with Crippen LogP contribution >= 0.6 is 0 Å². The van der Waals surface area contributed by atoms with E-state index in [1.165, 1.54) is 25.4 Å². The molecule has 0 aromatic carbocycles. The van der Waals surface area contributed by atoms with Crippen LogP contribution in [0.5, 0.6) is 0 Å². The highest BCUT2D eigenvalue weighted by molar-refractivity contribution is 6.00. The molecule has 2 amide bonds. The minimum atomic E-state index is -2.86. The van der Waals surface area contributed by atoms with Crippen molar-refractivity contribution in [1.82, 2.24) is 35.6 Å². The molecule has 2 atom stereocenters. The minimum absolute atomic E-state index is 0.0367. The van der Waals surface area contributed by atoms with E-state index in [1.54, 1.807) is 6.92 Å². The third-order valence-electron chi connectivity index (χ3n) is 6.22. The summed E-state index contributed by atoms with van der Waals surface area (Å²) in [6.07, 6.45) is 1.58. The number of halogens is 3. The third kappa shape index (κ3) is 5.28. The molecule has 0 radical (unpaired) electrons. The molecule has 3 heterocycles. The van der Waals surface area contributed by atoms with E-state index >= 15 is 0 Å². The van der Waals surface area contributed by atoms with Gasteiger partial charge in [-0.05, 0) is 43.8 Å². The average Bonchev–Trinajstić information content (AvgIpc) is 3.43. The van der Waals surface area contributed by atoms with Gasteiger partial charge in [-0.3, -0.25) is 19.1 Å². The van der Waals surface area contributed by atoms with Gasteiger partial charge in [-0.2, -0.15) is 9.49 Å². The molecule has 4 rings (SSSR count). The summed E-state index contributed by atoms with van der Waals surface area (Å²) in [5.74, 6) is -6.13. The summed E-state index contributed by atoms with van der Waals surface area (Å²) in [7, 11) is 0. The van der Waals surface area contributed by atoms with Crippen LogP contribution in [0.2, 0.25) is 0 Å². The number of hydrogen-bond acceptors (Lipinski definition) is 8. The maximum atomic E-state index is 14.6. The Kier molecular flexibility index (Phi) is 6.90. The van der Waals surface area contributed by atoms with Crippen LogP contribution in [0.1, 0.15) is 60.4 Å². The molecule has 192 valence electrons. The van der Waals surface area contributed by atoms with Gasteiger partial charge in [-0.25, -0.2) is 18.5 Å². The topological polar surface area (TPSA) is 161 Å². The number of amides is 2. The highest BCUT2D eigenvalue weighted by Gasteiger charge is 2.41. The molecule has 0 spiro atoms. The zero-order chi connectivity index (χ0) is 26.0. The molecule has 15 heteroatoms. The van der Waals surface area contributed by atoms with Gasteiger partial charge in [0.05, 0.1) is 12.2 Å².